The molecular formula is C23H34N4O3S. The number of piperidine rings is 2. The van der Waals surface area contributed by atoms with Crippen molar-refractivity contribution in [3.8, 4) is 5.75 Å². The third-order valence-corrected chi connectivity index (χ3v) is 8.72. The summed E-state index contributed by atoms with van der Waals surface area (Å²) in [5, 5.41) is 5.16. The van der Waals surface area contributed by atoms with Gasteiger partial charge in [0.05, 0.1) is 19.2 Å². The van der Waals surface area contributed by atoms with E-state index in [1.807, 2.05) is 16.3 Å². The molecule has 1 aliphatic carbocycles. The Morgan fingerprint density at radius 2 is 1.74 bits per heavy atom. The number of hydrogen-bond donors (Lipinski definition) is 1. The average Bonchev–Trinajstić information content (AvgIpc) is 3.42. The number of hydrogen-bond acceptors (Lipinski definition) is 5. The fourth-order valence-electron chi connectivity index (χ4n) is 6.15. The van der Waals surface area contributed by atoms with Gasteiger partial charge >= 0.3 is 6.03 Å². The number of nitrogens with one attached hydrogen (secondary N) is 1. The molecule has 0 radical (unpaired) electrons. The van der Waals surface area contributed by atoms with E-state index >= 15 is 0 Å². The quantitative estimate of drug-likeness (QED) is 0.772. The highest BCUT2D eigenvalue weighted by atomic mass is 32.1. The van der Waals surface area contributed by atoms with Gasteiger partial charge in [-0.1, -0.05) is 12.8 Å². The molecule has 4 heterocycles. The fraction of sp³-hybridized carbons (Fsp3) is 0.739. The summed E-state index contributed by atoms with van der Waals surface area (Å²) in [7, 11) is 1.62. The maximum atomic E-state index is 12.9. The molecule has 1 N–H and O–H groups in total. The van der Waals surface area contributed by atoms with Gasteiger partial charge in [-0.25, -0.2) is 4.79 Å². The van der Waals surface area contributed by atoms with Gasteiger partial charge in [-0.15, -0.1) is 11.3 Å². The highest BCUT2D eigenvalue weighted by Crippen LogP contribution is 2.33. The molecule has 0 spiro atoms. The van der Waals surface area contributed by atoms with Crippen LogP contribution in [0.2, 0.25) is 0 Å². The van der Waals surface area contributed by atoms with Crippen LogP contribution in [0.5, 0.6) is 5.75 Å². The highest BCUT2D eigenvalue weighted by Gasteiger charge is 2.44. The molecule has 3 aliphatic heterocycles. The number of amides is 3. The van der Waals surface area contributed by atoms with Crippen LogP contribution < -0.4 is 10.1 Å². The minimum absolute atomic E-state index is 0.103. The van der Waals surface area contributed by atoms with Gasteiger partial charge in [0, 0.05) is 38.3 Å². The van der Waals surface area contributed by atoms with E-state index in [0.717, 1.165) is 64.7 Å². The Bertz CT molecular complexity index is 798. The van der Waals surface area contributed by atoms with Crippen LogP contribution in [0, 0.1) is 0 Å². The van der Waals surface area contributed by atoms with Gasteiger partial charge in [0.2, 0.25) is 0 Å². The Hall–Kier alpha value is -1.80. The van der Waals surface area contributed by atoms with E-state index < -0.39 is 0 Å². The van der Waals surface area contributed by atoms with Crippen molar-refractivity contribution in [2.24, 2.45) is 0 Å². The molecule has 170 valence electrons. The molecule has 3 saturated heterocycles. The van der Waals surface area contributed by atoms with Gasteiger partial charge in [0.25, 0.3) is 5.91 Å². The number of ether oxygens (including phenoxy) is 1. The van der Waals surface area contributed by atoms with E-state index in [0.29, 0.717) is 34.8 Å². The summed E-state index contributed by atoms with van der Waals surface area (Å²) in [6.07, 6.45) is 8.99. The van der Waals surface area contributed by atoms with Crippen LogP contribution in [0.15, 0.2) is 11.4 Å². The lowest BCUT2D eigenvalue weighted by atomic mass is 9.89. The molecule has 1 saturated carbocycles. The average molecular weight is 447 g/mol. The monoisotopic (exact) mass is 446 g/mol. The third kappa shape index (κ3) is 4.04. The maximum Gasteiger partial charge on any atom is 0.318 e. The van der Waals surface area contributed by atoms with Crippen LogP contribution in [0.3, 0.4) is 0 Å². The molecule has 5 rings (SSSR count). The Kier molecular flexibility index (Phi) is 6.10. The van der Waals surface area contributed by atoms with E-state index in [4.69, 9.17) is 4.74 Å². The van der Waals surface area contributed by atoms with E-state index in [9.17, 15) is 9.59 Å². The Balaban J connectivity index is 1.12. The number of thiophene rings is 1. The van der Waals surface area contributed by atoms with Gasteiger partial charge in [-0.3, -0.25) is 4.79 Å². The van der Waals surface area contributed by atoms with Crippen molar-refractivity contribution in [2.45, 2.75) is 75.5 Å². The zero-order valence-electron chi connectivity index (χ0n) is 18.4. The first kappa shape index (κ1) is 21.1. The van der Waals surface area contributed by atoms with Crippen LogP contribution in [0.1, 0.15) is 61.0 Å². The van der Waals surface area contributed by atoms with Gasteiger partial charge in [-0.05, 0) is 50.0 Å². The van der Waals surface area contributed by atoms with Gasteiger partial charge in [-0.2, -0.15) is 0 Å². The van der Waals surface area contributed by atoms with Gasteiger partial charge < -0.3 is 24.8 Å². The number of rotatable bonds is 4. The number of urea groups is 1. The second-order valence-electron chi connectivity index (χ2n) is 9.42. The number of fused-ring (bicyclic) bond motifs is 1. The molecule has 7 nitrogen and oxygen atoms in total. The standard InChI is InChI=1S/C23H34N4O3S/c1-30-20-10-15-31-21(20)22(28)26-13-6-16(7-14-26)25-11-8-17(9-12-25)27-19-5-3-2-4-18(19)24-23(27)29/h10,15-19H,2-9,11-14H2,1H3,(H,24,29)/t18-,19-/m0/s1. The van der Waals surface area contributed by atoms with Gasteiger partial charge in [0.1, 0.15) is 10.6 Å². The summed E-state index contributed by atoms with van der Waals surface area (Å²) < 4.78 is 5.33. The fourth-order valence-corrected chi connectivity index (χ4v) is 6.98. The second kappa shape index (κ2) is 8.98. The molecule has 4 fully saturated rings. The third-order valence-electron chi connectivity index (χ3n) is 7.83. The molecule has 3 amide bonds. The van der Waals surface area contributed by atoms with E-state index in [1.54, 1.807) is 7.11 Å². The summed E-state index contributed by atoms with van der Waals surface area (Å²) >= 11 is 1.46. The Morgan fingerprint density at radius 3 is 2.48 bits per heavy atom. The topological polar surface area (TPSA) is 65.1 Å². The molecule has 2 atom stereocenters. The number of carbonyl (C=O) groups excluding carboxylic acids is 2. The Morgan fingerprint density at radius 1 is 1.03 bits per heavy atom. The zero-order chi connectivity index (χ0) is 21.4. The molecule has 1 aromatic heterocycles. The van der Waals surface area contributed by atoms with Crippen molar-refractivity contribution in [3.05, 3.63) is 16.3 Å². The SMILES string of the molecule is COc1ccsc1C(=O)N1CCC(N2CCC(N3C(=O)N[C@H]4CCCC[C@@H]43)CC2)CC1. The van der Waals surface area contributed by atoms with Gasteiger partial charge in [0.15, 0.2) is 0 Å². The highest BCUT2D eigenvalue weighted by molar-refractivity contribution is 7.12. The van der Waals surface area contributed by atoms with E-state index in [1.165, 1.54) is 24.2 Å². The molecule has 31 heavy (non-hydrogen) atoms. The Labute approximate surface area is 188 Å². The lowest BCUT2D eigenvalue weighted by Gasteiger charge is -2.44. The lowest BCUT2D eigenvalue weighted by molar-refractivity contribution is 0.0473. The zero-order valence-corrected chi connectivity index (χ0v) is 19.2. The minimum atomic E-state index is 0.103. The van der Waals surface area contributed by atoms with Crippen LogP contribution in [-0.2, 0) is 0 Å². The molecule has 1 aromatic rings. The van der Waals surface area contributed by atoms with Crippen molar-refractivity contribution in [2.75, 3.05) is 33.3 Å². The second-order valence-corrected chi connectivity index (χ2v) is 10.3. The maximum absolute atomic E-state index is 12.9. The molecule has 4 aliphatic rings. The summed E-state index contributed by atoms with van der Waals surface area (Å²) in [5.41, 5.74) is 0. The normalized spacial score (nSPS) is 28.5. The van der Waals surface area contributed by atoms with E-state index in [-0.39, 0.29) is 11.9 Å². The number of nitrogens with zero attached hydrogens (tertiary/aromatic N) is 3. The van der Waals surface area contributed by atoms with Crippen LogP contribution in [0.25, 0.3) is 0 Å². The smallest absolute Gasteiger partial charge is 0.318 e. The van der Waals surface area contributed by atoms with Crippen molar-refractivity contribution in [3.63, 3.8) is 0 Å². The van der Waals surface area contributed by atoms with Crippen molar-refractivity contribution in [1.82, 2.24) is 20.0 Å². The van der Waals surface area contributed by atoms with Crippen LogP contribution in [0.4, 0.5) is 4.79 Å². The number of methoxy groups -OCH3 is 1. The number of carbonyl (C=O) groups is 2. The van der Waals surface area contributed by atoms with Crippen molar-refractivity contribution >= 4 is 23.3 Å². The summed E-state index contributed by atoms with van der Waals surface area (Å²) in [6, 6.07) is 3.77. The van der Waals surface area contributed by atoms with Crippen molar-refractivity contribution < 1.29 is 14.3 Å². The molecule has 0 aromatic carbocycles. The first-order valence-electron chi connectivity index (χ1n) is 11.9. The van der Waals surface area contributed by atoms with E-state index in [2.05, 4.69) is 15.1 Å². The number of likely N-dealkylation sites (tertiary alicyclic amines) is 2. The van der Waals surface area contributed by atoms with Crippen LogP contribution >= 0.6 is 11.3 Å². The predicted octanol–water partition coefficient (Wildman–Crippen LogP) is 3.16. The lowest BCUT2D eigenvalue weighted by Crippen LogP contribution is -2.53. The van der Waals surface area contributed by atoms with Crippen LogP contribution in [-0.4, -0.2) is 84.1 Å². The predicted molar refractivity (Wildman–Crippen MR) is 121 cm³/mol. The molecular weight excluding hydrogens is 412 g/mol. The molecule has 8 heteroatoms. The van der Waals surface area contributed by atoms with Crippen molar-refractivity contribution in [1.29, 1.82) is 0 Å². The molecule has 0 unspecified atom stereocenters. The largest absolute Gasteiger partial charge is 0.495 e. The summed E-state index contributed by atoms with van der Waals surface area (Å²) in [6.45, 7) is 3.73. The first-order valence-corrected chi connectivity index (χ1v) is 12.8. The first-order chi connectivity index (χ1) is 15.2. The molecule has 0 bridgehead atoms. The summed E-state index contributed by atoms with van der Waals surface area (Å²) in [4.78, 5) is 33.0. The minimum Gasteiger partial charge on any atom is -0.495 e. The summed E-state index contributed by atoms with van der Waals surface area (Å²) in [5.74, 6) is 0.788.